The summed E-state index contributed by atoms with van der Waals surface area (Å²) in [6.45, 7) is 0.807. The monoisotopic (exact) mass is 402 g/mol. The summed E-state index contributed by atoms with van der Waals surface area (Å²) in [4.78, 5) is 12.3. The Morgan fingerprint density at radius 1 is 0.966 bits per heavy atom. The number of carbonyl (C=O) groups excluding carboxylic acids is 1. The van der Waals surface area contributed by atoms with Gasteiger partial charge in [0.15, 0.2) is 6.79 Å². The van der Waals surface area contributed by atoms with Crippen LogP contribution in [0.5, 0.6) is 17.2 Å². The van der Waals surface area contributed by atoms with Crippen molar-refractivity contribution >= 4 is 12.0 Å². The highest BCUT2D eigenvalue weighted by molar-refractivity contribution is 5.97. The number of hydrogen-bond donors (Lipinski definition) is 0. The van der Waals surface area contributed by atoms with E-state index in [0.29, 0.717) is 30.3 Å². The molecule has 7 heteroatoms. The molecule has 0 aromatic heterocycles. The van der Waals surface area contributed by atoms with Crippen LogP contribution in [0.1, 0.15) is 21.5 Å². The van der Waals surface area contributed by atoms with Gasteiger partial charge in [-0.2, -0.15) is 0 Å². The molecular weight excluding hydrogens is 376 g/mol. The molecule has 0 unspecified atom stereocenters. The number of rotatable bonds is 11. The van der Waals surface area contributed by atoms with Crippen LogP contribution in [0.2, 0.25) is 0 Å². The average molecular weight is 402 g/mol. The van der Waals surface area contributed by atoms with Gasteiger partial charge in [-0.15, -0.1) is 0 Å². The molecule has 0 fully saturated rings. The normalized spacial score (nSPS) is 10.8. The van der Waals surface area contributed by atoms with Gasteiger partial charge in [0.25, 0.3) is 0 Å². The largest absolute Gasteiger partial charge is 0.497 e. The smallest absolute Gasteiger partial charge is 0.342 e. The second-order valence-corrected chi connectivity index (χ2v) is 5.90. The zero-order valence-electron chi connectivity index (χ0n) is 17.1. The lowest BCUT2D eigenvalue weighted by molar-refractivity contribution is 0.0463. The molecule has 2 rings (SSSR count). The highest BCUT2D eigenvalue weighted by Crippen LogP contribution is 2.30. The molecule has 0 aliphatic heterocycles. The fourth-order valence-corrected chi connectivity index (χ4v) is 2.56. The molecule has 0 N–H and O–H groups in total. The van der Waals surface area contributed by atoms with Crippen molar-refractivity contribution in [3.8, 4) is 17.2 Å². The molecule has 0 radical (unpaired) electrons. The van der Waals surface area contributed by atoms with Gasteiger partial charge >= 0.3 is 5.97 Å². The summed E-state index contributed by atoms with van der Waals surface area (Å²) in [6.07, 6.45) is 3.58. The zero-order valence-corrected chi connectivity index (χ0v) is 17.1. The first-order valence-corrected chi connectivity index (χ1v) is 8.92. The second kappa shape index (κ2) is 11.7. The summed E-state index contributed by atoms with van der Waals surface area (Å²) < 4.78 is 31.5. The number of esters is 1. The fourth-order valence-electron chi connectivity index (χ4n) is 2.56. The van der Waals surface area contributed by atoms with Gasteiger partial charge in [-0.1, -0.05) is 24.3 Å². The van der Waals surface area contributed by atoms with E-state index in [4.69, 9.17) is 28.4 Å². The van der Waals surface area contributed by atoms with Gasteiger partial charge in [-0.25, -0.2) is 4.79 Å². The molecule has 0 heterocycles. The third-order valence-electron chi connectivity index (χ3n) is 4.00. The van der Waals surface area contributed by atoms with Gasteiger partial charge in [-0.05, 0) is 29.3 Å². The van der Waals surface area contributed by atoms with Crippen LogP contribution in [-0.2, 0) is 20.8 Å². The molecule has 0 bridgehead atoms. The molecule has 0 amide bonds. The first kappa shape index (κ1) is 22.3. The Kier molecular flexibility index (Phi) is 9.01. The van der Waals surface area contributed by atoms with Crippen LogP contribution in [0.15, 0.2) is 42.5 Å². The van der Waals surface area contributed by atoms with Crippen molar-refractivity contribution in [1.29, 1.82) is 0 Å². The fraction of sp³-hybridized carbons (Fsp3) is 0.318. The molecule has 0 saturated heterocycles. The van der Waals surface area contributed by atoms with Gasteiger partial charge in [0.2, 0.25) is 0 Å². The Morgan fingerprint density at radius 3 is 2.31 bits per heavy atom. The molecule has 0 atom stereocenters. The van der Waals surface area contributed by atoms with Crippen molar-refractivity contribution < 1.29 is 33.2 Å². The minimum absolute atomic E-state index is 0.00864. The van der Waals surface area contributed by atoms with Gasteiger partial charge in [0.05, 0.1) is 34.5 Å². The molecule has 7 nitrogen and oxygen atoms in total. The molecule has 156 valence electrons. The number of carbonyl (C=O) groups is 1. The van der Waals surface area contributed by atoms with Crippen molar-refractivity contribution in [3.63, 3.8) is 0 Å². The number of benzene rings is 2. The SMILES string of the molecule is COCOc1cc(OC)cc(/C=C/COCc2ccc(OC)cc2)c1C(=O)OC. The molecule has 2 aromatic rings. The summed E-state index contributed by atoms with van der Waals surface area (Å²) in [6, 6.07) is 11.0. The Bertz CT molecular complexity index is 813. The van der Waals surface area contributed by atoms with E-state index < -0.39 is 5.97 Å². The first-order valence-electron chi connectivity index (χ1n) is 8.92. The van der Waals surface area contributed by atoms with E-state index in [0.717, 1.165) is 11.3 Å². The van der Waals surface area contributed by atoms with Crippen LogP contribution in [0.25, 0.3) is 6.08 Å². The molecule has 0 aliphatic carbocycles. The van der Waals surface area contributed by atoms with Crippen molar-refractivity contribution in [2.24, 2.45) is 0 Å². The predicted molar refractivity (Wildman–Crippen MR) is 109 cm³/mol. The Morgan fingerprint density at radius 2 is 1.69 bits per heavy atom. The predicted octanol–water partition coefficient (Wildman–Crippen LogP) is 3.70. The standard InChI is InChI=1S/C22H26O7/c1-24-15-29-20-13-19(26-3)12-17(21(20)22(23)27-4)6-5-11-28-14-16-7-9-18(25-2)10-8-16/h5-10,12-13H,11,14-15H2,1-4H3/b6-5+. The van der Waals surface area contributed by atoms with Crippen LogP contribution < -0.4 is 14.2 Å². The van der Waals surface area contributed by atoms with Crippen molar-refractivity contribution in [1.82, 2.24) is 0 Å². The molecule has 0 spiro atoms. The summed E-state index contributed by atoms with van der Waals surface area (Å²) in [5.74, 6) is 1.14. The van der Waals surface area contributed by atoms with E-state index in [9.17, 15) is 4.79 Å². The second-order valence-electron chi connectivity index (χ2n) is 5.90. The van der Waals surface area contributed by atoms with Crippen molar-refractivity contribution in [3.05, 3.63) is 59.2 Å². The van der Waals surface area contributed by atoms with Crippen LogP contribution in [0.3, 0.4) is 0 Å². The number of hydrogen-bond acceptors (Lipinski definition) is 7. The summed E-state index contributed by atoms with van der Waals surface area (Å²) in [7, 11) is 5.99. The maximum Gasteiger partial charge on any atom is 0.342 e. The lowest BCUT2D eigenvalue weighted by Crippen LogP contribution is -2.10. The third kappa shape index (κ3) is 6.51. The van der Waals surface area contributed by atoms with Gasteiger partial charge < -0.3 is 28.4 Å². The first-order chi connectivity index (χ1) is 14.1. The Labute approximate surface area is 170 Å². The van der Waals surface area contributed by atoms with E-state index in [1.807, 2.05) is 30.3 Å². The molecule has 0 aliphatic rings. The average Bonchev–Trinajstić information content (AvgIpc) is 2.76. The topological polar surface area (TPSA) is 72.5 Å². The van der Waals surface area contributed by atoms with Gasteiger partial charge in [0, 0.05) is 13.2 Å². The zero-order chi connectivity index (χ0) is 21.1. The van der Waals surface area contributed by atoms with Gasteiger partial charge in [0.1, 0.15) is 22.8 Å². The summed E-state index contributed by atoms with van der Waals surface area (Å²) in [5, 5.41) is 0. The third-order valence-corrected chi connectivity index (χ3v) is 4.00. The maximum absolute atomic E-state index is 12.3. The Balaban J connectivity index is 2.10. The quantitative estimate of drug-likeness (QED) is 0.322. The van der Waals surface area contributed by atoms with E-state index in [2.05, 4.69) is 0 Å². The number of ether oxygens (including phenoxy) is 6. The molecular formula is C22H26O7. The van der Waals surface area contributed by atoms with Crippen LogP contribution in [-0.4, -0.2) is 47.8 Å². The van der Waals surface area contributed by atoms with Crippen LogP contribution >= 0.6 is 0 Å². The minimum Gasteiger partial charge on any atom is -0.497 e. The van der Waals surface area contributed by atoms with E-state index in [1.54, 1.807) is 32.4 Å². The van der Waals surface area contributed by atoms with Crippen molar-refractivity contribution in [2.75, 3.05) is 41.8 Å². The Hall–Kier alpha value is -3.03. The number of methoxy groups -OCH3 is 4. The summed E-state index contributed by atoms with van der Waals surface area (Å²) >= 11 is 0. The van der Waals surface area contributed by atoms with Crippen LogP contribution in [0, 0.1) is 0 Å². The van der Waals surface area contributed by atoms with Crippen LogP contribution in [0.4, 0.5) is 0 Å². The van der Waals surface area contributed by atoms with E-state index in [1.165, 1.54) is 14.2 Å². The molecule has 29 heavy (non-hydrogen) atoms. The highest BCUT2D eigenvalue weighted by Gasteiger charge is 2.19. The van der Waals surface area contributed by atoms with E-state index in [-0.39, 0.29) is 12.4 Å². The highest BCUT2D eigenvalue weighted by atomic mass is 16.7. The lowest BCUT2D eigenvalue weighted by Gasteiger charge is -2.14. The summed E-state index contributed by atoms with van der Waals surface area (Å²) in [5.41, 5.74) is 1.91. The maximum atomic E-state index is 12.3. The minimum atomic E-state index is -0.516. The van der Waals surface area contributed by atoms with Gasteiger partial charge in [-0.3, -0.25) is 0 Å². The van der Waals surface area contributed by atoms with Crippen molar-refractivity contribution in [2.45, 2.75) is 6.61 Å². The molecule has 0 saturated carbocycles. The molecule has 2 aromatic carbocycles. The lowest BCUT2D eigenvalue weighted by atomic mass is 10.0. The van der Waals surface area contributed by atoms with E-state index >= 15 is 0 Å².